The molecule has 2 aromatic rings. The Morgan fingerprint density at radius 1 is 1.04 bits per heavy atom. The number of halogens is 5. The molecule has 3 rings (SSSR count). The Labute approximate surface area is 141 Å². The van der Waals surface area contributed by atoms with Crippen molar-refractivity contribution in [1.82, 2.24) is 0 Å². The first-order chi connectivity index (χ1) is 11.1. The van der Waals surface area contributed by atoms with Gasteiger partial charge in [-0.25, -0.2) is 17.2 Å². The highest BCUT2D eigenvalue weighted by Gasteiger charge is 2.61. The summed E-state index contributed by atoms with van der Waals surface area (Å²) in [5, 5.41) is -4.58. The molecule has 0 N–H and O–H groups in total. The third kappa shape index (κ3) is 2.32. The summed E-state index contributed by atoms with van der Waals surface area (Å²) in [6.07, 6.45) is 0. The number of rotatable bonds is 2. The van der Waals surface area contributed by atoms with E-state index in [-0.39, 0.29) is 16.0 Å². The molecule has 0 spiro atoms. The van der Waals surface area contributed by atoms with Crippen molar-refractivity contribution in [1.29, 1.82) is 0 Å². The van der Waals surface area contributed by atoms with E-state index in [1.54, 1.807) is 0 Å². The van der Waals surface area contributed by atoms with Crippen LogP contribution in [0.1, 0.15) is 10.4 Å². The van der Waals surface area contributed by atoms with Crippen LogP contribution in [0.2, 0.25) is 0 Å². The molecule has 0 fully saturated rings. The zero-order valence-electron chi connectivity index (χ0n) is 11.3. The van der Waals surface area contributed by atoms with E-state index in [0.717, 1.165) is 24.3 Å². The van der Waals surface area contributed by atoms with Crippen LogP contribution in [0.25, 0.3) is 0 Å². The summed E-state index contributed by atoms with van der Waals surface area (Å²) in [6, 6.07) is 4.03. The van der Waals surface area contributed by atoms with Gasteiger partial charge in [-0.1, -0.05) is 0 Å². The van der Waals surface area contributed by atoms with E-state index < -0.39 is 43.0 Å². The number of benzene rings is 2. The van der Waals surface area contributed by atoms with Crippen molar-refractivity contribution in [3.63, 3.8) is 0 Å². The molecule has 4 nitrogen and oxygen atoms in total. The molecule has 0 aliphatic carbocycles. The third-order valence-electron chi connectivity index (χ3n) is 3.25. The Balaban J connectivity index is 2.13. The van der Waals surface area contributed by atoms with Gasteiger partial charge in [0.05, 0.1) is 14.9 Å². The largest absolute Gasteiger partial charge is 0.456 e. The zero-order valence-corrected chi connectivity index (χ0v) is 13.7. The maximum atomic E-state index is 13.7. The number of ether oxygens (including phenoxy) is 1. The van der Waals surface area contributed by atoms with Crippen LogP contribution in [0.5, 0.6) is 11.5 Å². The number of sulfone groups is 1. The highest BCUT2D eigenvalue weighted by atomic mass is 79.9. The maximum absolute atomic E-state index is 13.7. The van der Waals surface area contributed by atoms with Gasteiger partial charge in [0.1, 0.15) is 23.1 Å². The van der Waals surface area contributed by atoms with Crippen molar-refractivity contribution in [3.8, 4) is 11.5 Å². The van der Waals surface area contributed by atoms with Gasteiger partial charge < -0.3 is 4.74 Å². The Hall–Kier alpha value is -1.94. The standard InChI is InChI=1S/C14H5BrF4O4S/c15-12-9(23-8-4-6(16)3-7(17)5-8)1-2-10-11(12)13(20)14(18,19)24(10,21)22/h1-5H. The lowest BCUT2D eigenvalue weighted by Gasteiger charge is -2.10. The van der Waals surface area contributed by atoms with E-state index in [1.165, 1.54) is 0 Å². The second-order valence-corrected chi connectivity index (χ2v) is 7.56. The van der Waals surface area contributed by atoms with Crippen molar-refractivity contribution in [3.05, 3.63) is 52.0 Å². The molecule has 0 radical (unpaired) electrons. The fraction of sp³-hybridized carbons (Fsp3) is 0.0714. The molecule has 2 aromatic carbocycles. The van der Waals surface area contributed by atoms with E-state index in [9.17, 15) is 30.8 Å². The molecule has 0 saturated heterocycles. The number of carbonyl (C=O) groups is 1. The fourth-order valence-electron chi connectivity index (χ4n) is 2.17. The maximum Gasteiger partial charge on any atom is 0.411 e. The highest BCUT2D eigenvalue weighted by Crippen LogP contribution is 2.47. The Morgan fingerprint density at radius 2 is 1.62 bits per heavy atom. The average Bonchev–Trinajstić information content (AvgIpc) is 2.59. The van der Waals surface area contributed by atoms with Gasteiger partial charge in [-0.05, 0) is 28.1 Å². The lowest BCUT2D eigenvalue weighted by atomic mass is 10.1. The first-order valence-electron chi connectivity index (χ1n) is 6.19. The number of ketones is 1. The molecular weight excluding hydrogens is 420 g/mol. The minimum Gasteiger partial charge on any atom is -0.456 e. The molecule has 0 unspecified atom stereocenters. The van der Waals surface area contributed by atoms with Crippen molar-refractivity contribution < 1.29 is 35.5 Å². The molecule has 10 heteroatoms. The normalized spacial score (nSPS) is 17.6. The minimum atomic E-state index is -5.15. The molecule has 0 bridgehead atoms. The van der Waals surface area contributed by atoms with Gasteiger partial charge in [0.25, 0.3) is 15.6 Å². The molecule has 0 aromatic heterocycles. The summed E-state index contributed by atoms with van der Waals surface area (Å²) in [5.74, 6) is -4.33. The molecule has 0 amide bonds. The predicted molar refractivity (Wildman–Crippen MR) is 77.0 cm³/mol. The van der Waals surface area contributed by atoms with Crippen molar-refractivity contribution in [2.75, 3.05) is 0 Å². The van der Waals surface area contributed by atoms with Crippen LogP contribution in [0.15, 0.2) is 39.7 Å². The van der Waals surface area contributed by atoms with Gasteiger partial charge in [0.15, 0.2) is 0 Å². The second-order valence-electron chi connectivity index (χ2n) is 4.81. The van der Waals surface area contributed by atoms with Crippen molar-refractivity contribution in [2.45, 2.75) is 10.2 Å². The summed E-state index contributed by atoms with van der Waals surface area (Å²) < 4.78 is 81.8. The van der Waals surface area contributed by atoms with Gasteiger partial charge in [-0.2, -0.15) is 8.78 Å². The van der Waals surface area contributed by atoms with Crippen LogP contribution in [0.3, 0.4) is 0 Å². The van der Waals surface area contributed by atoms with Crippen LogP contribution >= 0.6 is 15.9 Å². The van der Waals surface area contributed by atoms with Gasteiger partial charge in [-0.15, -0.1) is 0 Å². The summed E-state index contributed by atoms with van der Waals surface area (Å²) >= 11 is 2.84. The Morgan fingerprint density at radius 3 is 2.21 bits per heavy atom. The molecule has 126 valence electrons. The van der Waals surface area contributed by atoms with E-state index in [1.807, 2.05) is 0 Å². The number of carbonyl (C=O) groups excluding carboxylic acids is 1. The Kier molecular flexibility index (Phi) is 3.72. The SMILES string of the molecule is O=C1c2c(ccc(Oc3cc(F)cc(F)c3)c2Br)S(=O)(=O)C1(F)F. The molecule has 0 saturated carbocycles. The topological polar surface area (TPSA) is 60.4 Å². The van der Waals surface area contributed by atoms with E-state index in [2.05, 4.69) is 15.9 Å². The summed E-state index contributed by atoms with van der Waals surface area (Å²) in [5.41, 5.74) is -0.769. The van der Waals surface area contributed by atoms with Gasteiger partial charge in [0, 0.05) is 18.2 Å². The van der Waals surface area contributed by atoms with Crippen LogP contribution in [-0.2, 0) is 9.84 Å². The van der Waals surface area contributed by atoms with E-state index >= 15 is 0 Å². The molecule has 24 heavy (non-hydrogen) atoms. The second kappa shape index (κ2) is 5.28. The number of Topliss-reactive ketones (excluding diaryl/α,β-unsaturated/α-hetero) is 1. The summed E-state index contributed by atoms with van der Waals surface area (Å²) in [6.45, 7) is 0. The molecular formula is C14H5BrF4O4S. The van der Waals surface area contributed by atoms with Crippen LogP contribution in [-0.4, -0.2) is 19.5 Å². The lowest BCUT2D eigenvalue weighted by molar-refractivity contribution is 0.0548. The monoisotopic (exact) mass is 424 g/mol. The lowest BCUT2D eigenvalue weighted by Crippen LogP contribution is -2.30. The predicted octanol–water partition coefficient (Wildman–Crippen LogP) is 4.08. The average molecular weight is 425 g/mol. The minimum absolute atomic E-state index is 0.250. The van der Waals surface area contributed by atoms with Crippen LogP contribution in [0.4, 0.5) is 17.6 Å². The molecule has 1 aliphatic rings. The van der Waals surface area contributed by atoms with Crippen molar-refractivity contribution >= 4 is 31.6 Å². The van der Waals surface area contributed by atoms with Gasteiger partial charge in [0.2, 0.25) is 0 Å². The fourth-order valence-corrected chi connectivity index (χ4v) is 4.24. The Bertz CT molecular complexity index is 968. The summed E-state index contributed by atoms with van der Waals surface area (Å²) in [4.78, 5) is 10.9. The third-order valence-corrected chi connectivity index (χ3v) is 5.82. The zero-order chi connectivity index (χ0) is 17.9. The van der Waals surface area contributed by atoms with Crippen LogP contribution in [0, 0.1) is 11.6 Å². The van der Waals surface area contributed by atoms with E-state index in [4.69, 9.17) is 4.74 Å². The number of fused-ring (bicyclic) bond motifs is 1. The number of hydrogen-bond acceptors (Lipinski definition) is 4. The van der Waals surface area contributed by atoms with E-state index in [0.29, 0.717) is 6.07 Å². The quantitative estimate of drug-likeness (QED) is 0.681. The smallest absolute Gasteiger partial charge is 0.411 e. The van der Waals surface area contributed by atoms with Gasteiger partial charge >= 0.3 is 5.25 Å². The molecule has 1 aliphatic heterocycles. The van der Waals surface area contributed by atoms with Crippen LogP contribution < -0.4 is 4.74 Å². The molecule has 0 atom stereocenters. The first-order valence-corrected chi connectivity index (χ1v) is 8.47. The highest BCUT2D eigenvalue weighted by molar-refractivity contribution is 9.10. The number of hydrogen-bond donors (Lipinski definition) is 0. The van der Waals surface area contributed by atoms with Gasteiger partial charge in [-0.3, -0.25) is 4.79 Å². The summed E-state index contributed by atoms with van der Waals surface area (Å²) in [7, 11) is -5.15. The molecule has 1 heterocycles. The first kappa shape index (κ1) is 16.9. The van der Waals surface area contributed by atoms with Crippen molar-refractivity contribution in [2.24, 2.45) is 0 Å². The number of alkyl halides is 2.